The Hall–Kier alpha value is -2.90. The molecule has 31 heavy (non-hydrogen) atoms. The number of carbonyl (C=O) groups excluding carboxylic acids is 1. The third kappa shape index (κ3) is 3.38. The largest absolute Gasteiger partial charge is 0.485 e. The van der Waals surface area contributed by atoms with Gasteiger partial charge in [-0.1, -0.05) is 24.3 Å². The highest BCUT2D eigenvalue weighted by Gasteiger charge is 2.30. The number of thiophene rings is 1. The first-order valence-corrected chi connectivity index (χ1v) is 12.1. The Morgan fingerprint density at radius 3 is 2.71 bits per heavy atom. The first kappa shape index (κ1) is 18.8. The Labute approximate surface area is 187 Å². The third-order valence-corrected chi connectivity index (χ3v) is 7.98. The molecule has 156 valence electrons. The highest BCUT2D eigenvalue weighted by molar-refractivity contribution is 7.22. The summed E-state index contributed by atoms with van der Waals surface area (Å²) in [6, 6.07) is 15.6. The number of carbonyl (C=O) groups is 1. The van der Waals surface area contributed by atoms with Crippen molar-refractivity contribution in [2.24, 2.45) is 0 Å². The summed E-state index contributed by atoms with van der Waals surface area (Å²) in [7, 11) is 0. The number of anilines is 1. The quantitative estimate of drug-likeness (QED) is 0.438. The molecule has 3 heterocycles. The number of rotatable bonds is 3. The smallest absolute Gasteiger partial charge is 0.269 e. The molecule has 4 aromatic rings. The van der Waals surface area contributed by atoms with E-state index >= 15 is 0 Å². The lowest BCUT2D eigenvalue weighted by Gasteiger charge is -2.25. The standard InChI is InChI=1S/C24H20N2O3S2/c27-22(18-13-28-16-9-3-4-10-17(16)29-18)26-24-21(14-7-1-5-11-19(14)30-24)23-25-15-8-2-6-12-20(15)31-23/h2-4,6,8-10,12,18H,1,5,7,11,13H2,(H,26,27). The average molecular weight is 449 g/mol. The number of para-hydroxylation sites is 3. The molecule has 0 saturated heterocycles. The molecule has 0 spiro atoms. The highest BCUT2D eigenvalue weighted by atomic mass is 32.1. The van der Waals surface area contributed by atoms with E-state index in [2.05, 4.69) is 11.4 Å². The summed E-state index contributed by atoms with van der Waals surface area (Å²) in [6.07, 6.45) is 3.77. The van der Waals surface area contributed by atoms with Gasteiger partial charge < -0.3 is 14.8 Å². The first-order chi connectivity index (χ1) is 15.3. The molecule has 2 aliphatic rings. The van der Waals surface area contributed by atoms with Crippen molar-refractivity contribution < 1.29 is 14.3 Å². The van der Waals surface area contributed by atoms with Crippen LogP contribution < -0.4 is 14.8 Å². The van der Waals surface area contributed by atoms with Crippen LogP contribution in [0.15, 0.2) is 48.5 Å². The van der Waals surface area contributed by atoms with Crippen LogP contribution in [-0.4, -0.2) is 23.6 Å². The highest BCUT2D eigenvalue weighted by Crippen LogP contribution is 2.46. The van der Waals surface area contributed by atoms with Gasteiger partial charge in [-0.2, -0.15) is 0 Å². The van der Waals surface area contributed by atoms with Crippen molar-refractivity contribution in [1.82, 2.24) is 4.98 Å². The zero-order valence-corrected chi connectivity index (χ0v) is 18.4. The number of hydrogen-bond donors (Lipinski definition) is 1. The van der Waals surface area contributed by atoms with Crippen LogP contribution in [0.3, 0.4) is 0 Å². The van der Waals surface area contributed by atoms with Crippen LogP contribution in [0.2, 0.25) is 0 Å². The fourth-order valence-electron chi connectivity index (χ4n) is 4.20. The maximum atomic E-state index is 13.1. The fraction of sp³-hybridized carbons (Fsp3) is 0.250. The normalized spacial score (nSPS) is 17.4. The molecule has 5 nitrogen and oxygen atoms in total. The van der Waals surface area contributed by atoms with Crippen molar-refractivity contribution in [3.63, 3.8) is 0 Å². The topological polar surface area (TPSA) is 60.5 Å². The second kappa shape index (κ2) is 7.66. The molecule has 2 aromatic carbocycles. The van der Waals surface area contributed by atoms with Crippen molar-refractivity contribution in [3.05, 3.63) is 59.0 Å². The van der Waals surface area contributed by atoms with Crippen molar-refractivity contribution >= 4 is 43.8 Å². The van der Waals surface area contributed by atoms with Crippen LogP contribution in [-0.2, 0) is 17.6 Å². The molecule has 1 atom stereocenters. The van der Waals surface area contributed by atoms with E-state index in [-0.39, 0.29) is 12.5 Å². The van der Waals surface area contributed by atoms with Crippen LogP contribution in [0, 0.1) is 0 Å². The molecule has 1 unspecified atom stereocenters. The monoisotopic (exact) mass is 448 g/mol. The van der Waals surface area contributed by atoms with Crippen molar-refractivity contribution in [3.8, 4) is 22.1 Å². The zero-order valence-electron chi connectivity index (χ0n) is 16.7. The second-order valence-corrected chi connectivity index (χ2v) is 9.89. The number of amides is 1. The summed E-state index contributed by atoms with van der Waals surface area (Å²) in [6.45, 7) is 0.199. The number of nitrogens with zero attached hydrogens (tertiary/aromatic N) is 1. The van der Waals surface area contributed by atoms with E-state index in [4.69, 9.17) is 14.5 Å². The van der Waals surface area contributed by atoms with Crippen molar-refractivity contribution in [2.45, 2.75) is 31.8 Å². The van der Waals surface area contributed by atoms with Gasteiger partial charge in [0.2, 0.25) is 6.10 Å². The van der Waals surface area contributed by atoms with Gasteiger partial charge in [-0.05, 0) is 55.5 Å². The van der Waals surface area contributed by atoms with Gasteiger partial charge in [0.1, 0.15) is 16.6 Å². The molecule has 0 radical (unpaired) electrons. The van der Waals surface area contributed by atoms with Gasteiger partial charge in [0.05, 0.1) is 10.2 Å². The molecule has 1 N–H and O–H groups in total. The van der Waals surface area contributed by atoms with Crippen LogP contribution in [0.5, 0.6) is 11.5 Å². The number of aromatic nitrogens is 1. The molecule has 1 aliphatic carbocycles. The molecule has 6 rings (SSSR count). The molecular formula is C24H20N2O3S2. The molecule has 2 aromatic heterocycles. The number of hydrogen-bond acceptors (Lipinski definition) is 6. The molecule has 1 aliphatic heterocycles. The molecule has 0 bridgehead atoms. The summed E-state index contributed by atoms with van der Waals surface area (Å²) in [4.78, 5) is 19.4. The summed E-state index contributed by atoms with van der Waals surface area (Å²) < 4.78 is 12.8. The summed E-state index contributed by atoms with van der Waals surface area (Å²) in [5.74, 6) is 1.09. The Balaban J connectivity index is 1.35. The van der Waals surface area contributed by atoms with Gasteiger partial charge >= 0.3 is 0 Å². The number of thiazole rings is 1. The predicted octanol–water partition coefficient (Wildman–Crippen LogP) is 5.68. The van der Waals surface area contributed by atoms with Crippen LogP contribution in [0.25, 0.3) is 20.8 Å². The number of aryl methyl sites for hydroxylation is 1. The van der Waals surface area contributed by atoms with E-state index in [9.17, 15) is 4.79 Å². The SMILES string of the molecule is O=C(Nc1sc2c(c1-c1nc3ccccc3s1)CCCC2)C1COc2ccccc2O1. The van der Waals surface area contributed by atoms with Gasteiger partial charge in [-0.25, -0.2) is 4.98 Å². The lowest BCUT2D eigenvalue weighted by molar-refractivity contribution is -0.125. The van der Waals surface area contributed by atoms with Gasteiger partial charge in [0.15, 0.2) is 11.5 Å². The molecule has 0 saturated carbocycles. The Morgan fingerprint density at radius 2 is 1.81 bits per heavy atom. The lowest BCUT2D eigenvalue weighted by Crippen LogP contribution is -2.40. The summed E-state index contributed by atoms with van der Waals surface area (Å²) in [5.41, 5.74) is 3.43. The van der Waals surface area contributed by atoms with E-state index in [1.54, 1.807) is 22.7 Å². The molecule has 0 fully saturated rings. The Morgan fingerprint density at radius 1 is 1.00 bits per heavy atom. The zero-order chi connectivity index (χ0) is 20.8. The average Bonchev–Trinajstić information content (AvgIpc) is 3.39. The van der Waals surface area contributed by atoms with Crippen LogP contribution in [0.4, 0.5) is 5.00 Å². The van der Waals surface area contributed by atoms with Crippen molar-refractivity contribution in [2.75, 3.05) is 11.9 Å². The van der Waals surface area contributed by atoms with E-state index < -0.39 is 6.10 Å². The van der Waals surface area contributed by atoms with E-state index in [1.807, 2.05) is 42.5 Å². The minimum Gasteiger partial charge on any atom is -0.485 e. The van der Waals surface area contributed by atoms with Gasteiger partial charge in [-0.3, -0.25) is 4.79 Å². The molecular weight excluding hydrogens is 428 g/mol. The number of ether oxygens (including phenoxy) is 2. The van der Waals surface area contributed by atoms with E-state index in [0.29, 0.717) is 11.5 Å². The maximum absolute atomic E-state index is 13.1. The fourth-order valence-corrected chi connectivity index (χ4v) is 6.60. The molecule has 1 amide bonds. The minimum atomic E-state index is -0.683. The second-order valence-electron chi connectivity index (χ2n) is 7.76. The van der Waals surface area contributed by atoms with Gasteiger partial charge in [-0.15, -0.1) is 22.7 Å². The number of benzene rings is 2. The van der Waals surface area contributed by atoms with E-state index in [0.717, 1.165) is 38.6 Å². The first-order valence-electron chi connectivity index (χ1n) is 10.5. The Bertz CT molecular complexity index is 1260. The van der Waals surface area contributed by atoms with Gasteiger partial charge in [0, 0.05) is 10.4 Å². The minimum absolute atomic E-state index is 0.185. The van der Waals surface area contributed by atoms with Crippen LogP contribution >= 0.6 is 22.7 Å². The lowest BCUT2D eigenvalue weighted by atomic mass is 9.95. The molecule has 7 heteroatoms. The van der Waals surface area contributed by atoms with Crippen LogP contribution in [0.1, 0.15) is 23.3 Å². The number of nitrogens with one attached hydrogen (secondary N) is 1. The summed E-state index contributed by atoms with van der Waals surface area (Å²) >= 11 is 3.37. The number of fused-ring (bicyclic) bond motifs is 3. The maximum Gasteiger partial charge on any atom is 0.269 e. The van der Waals surface area contributed by atoms with Crippen molar-refractivity contribution in [1.29, 1.82) is 0 Å². The summed E-state index contributed by atoms with van der Waals surface area (Å²) in [5, 5.41) is 5.00. The van der Waals surface area contributed by atoms with Gasteiger partial charge in [0.25, 0.3) is 5.91 Å². The predicted molar refractivity (Wildman–Crippen MR) is 125 cm³/mol. The Kier molecular flexibility index (Phi) is 4.65. The third-order valence-electron chi connectivity index (χ3n) is 5.72. The van der Waals surface area contributed by atoms with E-state index in [1.165, 1.54) is 23.3 Å².